The van der Waals surface area contributed by atoms with Gasteiger partial charge in [-0.25, -0.2) is 0 Å². The molecule has 0 aliphatic heterocycles. The molecule has 2 aliphatic rings. The molecule has 2 aliphatic carbocycles. The van der Waals surface area contributed by atoms with E-state index in [1.807, 2.05) is 0 Å². The predicted octanol–water partition coefficient (Wildman–Crippen LogP) is 7.53. The van der Waals surface area contributed by atoms with E-state index < -0.39 is 0 Å². The molecule has 29 heavy (non-hydrogen) atoms. The number of fused-ring (bicyclic) bond motifs is 3. The number of allylic oxidation sites excluding steroid dienone is 4. The summed E-state index contributed by atoms with van der Waals surface area (Å²) in [4.78, 5) is 0. The number of hydrogen-bond acceptors (Lipinski definition) is 0. The molecule has 0 fully saturated rings. The second kappa shape index (κ2) is 6.59. The lowest BCUT2D eigenvalue weighted by Crippen LogP contribution is -2.31. The number of rotatable bonds is 2. The Morgan fingerprint density at radius 2 is 1.48 bits per heavy atom. The highest BCUT2D eigenvalue weighted by molar-refractivity contribution is 5.88. The zero-order valence-corrected chi connectivity index (χ0v) is 17.8. The molecule has 0 bridgehead atoms. The average Bonchev–Trinajstić information content (AvgIpc) is 3.03. The summed E-state index contributed by atoms with van der Waals surface area (Å²) in [6.45, 7) is 9.05. The van der Waals surface area contributed by atoms with Gasteiger partial charge in [-0.1, -0.05) is 103 Å². The molecular formula is C29H28. The molecule has 0 spiro atoms. The van der Waals surface area contributed by atoms with Gasteiger partial charge in [0.05, 0.1) is 5.41 Å². The van der Waals surface area contributed by atoms with Crippen molar-refractivity contribution in [1.82, 2.24) is 0 Å². The summed E-state index contributed by atoms with van der Waals surface area (Å²) >= 11 is 0. The van der Waals surface area contributed by atoms with Gasteiger partial charge in [0.15, 0.2) is 0 Å². The Bertz CT molecular complexity index is 1160. The third-order valence-corrected chi connectivity index (χ3v) is 7.09. The zero-order chi connectivity index (χ0) is 20.2. The predicted molar refractivity (Wildman–Crippen MR) is 123 cm³/mol. The molecule has 0 heteroatoms. The molecule has 0 heterocycles. The highest BCUT2D eigenvalue weighted by atomic mass is 14.5. The first-order chi connectivity index (χ1) is 14.0. The fraction of sp³-hybridized carbons (Fsp3) is 0.241. The maximum absolute atomic E-state index is 2.41. The van der Waals surface area contributed by atoms with Gasteiger partial charge >= 0.3 is 0 Å². The van der Waals surface area contributed by atoms with Gasteiger partial charge < -0.3 is 0 Å². The Kier molecular flexibility index (Phi) is 4.13. The molecule has 3 aromatic carbocycles. The maximum atomic E-state index is 2.41. The minimum Gasteiger partial charge on any atom is -0.0702 e. The SMILES string of the molecule is CC1=CC=C(C2(c3ccc(C)cc3)c3ccccc3-c3c(C)cccc32)CC1C. The van der Waals surface area contributed by atoms with Crippen LogP contribution in [0.2, 0.25) is 0 Å². The van der Waals surface area contributed by atoms with Crippen LogP contribution < -0.4 is 0 Å². The molecule has 3 aromatic rings. The molecule has 144 valence electrons. The smallest absolute Gasteiger partial charge is 0.0676 e. The monoisotopic (exact) mass is 376 g/mol. The van der Waals surface area contributed by atoms with Gasteiger partial charge in [-0.15, -0.1) is 0 Å². The number of benzene rings is 3. The molecule has 0 radical (unpaired) electrons. The molecule has 0 saturated carbocycles. The van der Waals surface area contributed by atoms with Crippen molar-refractivity contribution in [2.75, 3.05) is 0 Å². The van der Waals surface area contributed by atoms with Crippen LogP contribution in [0.25, 0.3) is 11.1 Å². The second-order valence-corrected chi connectivity index (χ2v) is 8.87. The lowest BCUT2D eigenvalue weighted by molar-refractivity contribution is 0.591. The van der Waals surface area contributed by atoms with E-state index in [0.717, 1.165) is 6.42 Å². The van der Waals surface area contributed by atoms with Gasteiger partial charge in [-0.3, -0.25) is 0 Å². The molecule has 2 atom stereocenters. The minimum atomic E-state index is -0.211. The lowest BCUT2D eigenvalue weighted by atomic mass is 9.64. The first kappa shape index (κ1) is 18.2. The summed E-state index contributed by atoms with van der Waals surface area (Å²) in [5, 5.41) is 0. The van der Waals surface area contributed by atoms with Gasteiger partial charge in [0.1, 0.15) is 0 Å². The van der Waals surface area contributed by atoms with E-state index >= 15 is 0 Å². The third-order valence-electron chi connectivity index (χ3n) is 7.09. The van der Waals surface area contributed by atoms with Crippen LogP contribution in [0.15, 0.2) is 90.0 Å². The summed E-state index contributed by atoms with van der Waals surface area (Å²) in [5.74, 6) is 0.568. The van der Waals surface area contributed by atoms with E-state index in [0.29, 0.717) is 5.92 Å². The van der Waals surface area contributed by atoms with Crippen LogP contribution in [-0.4, -0.2) is 0 Å². The van der Waals surface area contributed by atoms with Gasteiger partial charge in [0.2, 0.25) is 0 Å². The molecular weight excluding hydrogens is 348 g/mol. The van der Waals surface area contributed by atoms with Crippen molar-refractivity contribution in [3.8, 4) is 11.1 Å². The van der Waals surface area contributed by atoms with Crippen LogP contribution in [0.4, 0.5) is 0 Å². The minimum absolute atomic E-state index is 0.211. The fourth-order valence-corrected chi connectivity index (χ4v) is 5.39. The van der Waals surface area contributed by atoms with Crippen molar-refractivity contribution in [3.63, 3.8) is 0 Å². The summed E-state index contributed by atoms with van der Waals surface area (Å²) in [6, 6.07) is 25.1. The van der Waals surface area contributed by atoms with Crippen molar-refractivity contribution in [2.45, 2.75) is 39.5 Å². The van der Waals surface area contributed by atoms with Crippen molar-refractivity contribution < 1.29 is 0 Å². The Hall–Kier alpha value is -2.86. The first-order valence-corrected chi connectivity index (χ1v) is 10.7. The number of aryl methyl sites for hydroxylation is 2. The molecule has 0 amide bonds. The molecule has 2 unspecified atom stereocenters. The van der Waals surface area contributed by atoms with Crippen LogP contribution in [0.1, 0.15) is 48.1 Å². The molecule has 0 aromatic heterocycles. The molecule has 0 nitrogen and oxygen atoms in total. The summed E-state index contributed by atoms with van der Waals surface area (Å²) in [5.41, 5.74) is 12.5. The van der Waals surface area contributed by atoms with Gasteiger partial charge in [0.25, 0.3) is 0 Å². The van der Waals surface area contributed by atoms with Gasteiger partial charge in [-0.2, -0.15) is 0 Å². The van der Waals surface area contributed by atoms with E-state index in [4.69, 9.17) is 0 Å². The third kappa shape index (κ3) is 2.52. The summed E-state index contributed by atoms with van der Waals surface area (Å²) in [6.07, 6.45) is 5.84. The van der Waals surface area contributed by atoms with Crippen molar-refractivity contribution in [1.29, 1.82) is 0 Å². The van der Waals surface area contributed by atoms with Crippen LogP contribution >= 0.6 is 0 Å². The van der Waals surface area contributed by atoms with Crippen LogP contribution in [0.3, 0.4) is 0 Å². The van der Waals surface area contributed by atoms with E-state index in [2.05, 4.69) is 107 Å². The first-order valence-electron chi connectivity index (χ1n) is 10.7. The Labute approximate surface area is 174 Å². The standard InChI is InChI=1S/C29H28/c1-19-12-15-23(16-13-19)29(24-17-14-20(2)22(4)18-24)26-10-6-5-9-25(26)28-21(3)8-7-11-27(28)29/h5-17,22H,18H2,1-4H3. The topological polar surface area (TPSA) is 0 Å². The van der Waals surface area contributed by atoms with Gasteiger partial charge in [0, 0.05) is 0 Å². The number of hydrogen-bond donors (Lipinski definition) is 0. The highest BCUT2D eigenvalue weighted by Crippen LogP contribution is 2.58. The molecule has 5 rings (SSSR count). The average molecular weight is 377 g/mol. The Morgan fingerprint density at radius 1 is 0.759 bits per heavy atom. The summed E-state index contributed by atoms with van der Waals surface area (Å²) < 4.78 is 0. The van der Waals surface area contributed by atoms with Crippen molar-refractivity contribution in [2.24, 2.45) is 5.92 Å². The molecule has 0 saturated heterocycles. The second-order valence-electron chi connectivity index (χ2n) is 8.87. The zero-order valence-electron chi connectivity index (χ0n) is 17.8. The molecule has 0 N–H and O–H groups in total. The van der Waals surface area contributed by atoms with E-state index in [1.165, 1.54) is 50.1 Å². The van der Waals surface area contributed by atoms with Crippen LogP contribution in [0, 0.1) is 19.8 Å². The van der Waals surface area contributed by atoms with E-state index in [1.54, 1.807) is 0 Å². The summed E-state index contributed by atoms with van der Waals surface area (Å²) in [7, 11) is 0. The Morgan fingerprint density at radius 3 is 2.24 bits per heavy atom. The van der Waals surface area contributed by atoms with Gasteiger partial charge in [-0.05, 0) is 66.5 Å². The quantitative estimate of drug-likeness (QED) is 0.433. The van der Waals surface area contributed by atoms with E-state index in [9.17, 15) is 0 Å². The Balaban J connectivity index is 1.92. The van der Waals surface area contributed by atoms with Crippen LogP contribution in [0.5, 0.6) is 0 Å². The van der Waals surface area contributed by atoms with Crippen LogP contribution in [-0.2, 0) is 5.41 Å². The normalized spacial score (nSPS) is 22.6. The van der Waals surface area contributed by atoms with Crippen molar-refractivity contribution in [3.05, 3.63) is 118 Å². The maximum Gasteiger partial charge on any atom is 0.0676 e. The largest absolute Gasteiger partial charge is 0.0702 e. The van der Waals surface area contributed by atoms with E-state index in [-0.39, 0.29) is 5.41 Å². The highest BCUT2D eigenvalue weighted by Gasteiger charge is 2.47. The van der Waals surface area contributed by atoms with Crippen molar-refractivity contribution >= 4 is 0 Å². The fourth-order valence-electron chi connectivity index (χ4n) is 5.39. The lowest BCUT2D eigenvalue weighted by Gasteiger charge is -2.38.